The molecule has 6 heteroatoms. The number of thiophene rings is 1. The van der Waals surface area contributed by atoms with Gasteiger partial charge in [-0.05, 0) is 30.8 Å². The van der Waals surface area contributed by atoms with E-state index in [4.69, 9.17) is 5.73 Å². The fraction of sp³-hybridized carbons (Fsp3) is 0.462. The number of aromatic nitrogens is 2. The number of halogens is 1. The molecule has 0 radical (unpaired) electrons. The highest BCUT2D eigenvalue weighted by Crippen LogP contribution is 2.25. The van der Waals surface area contributed by atoms with Crippen molar-refractivity contribution < 1.29 is 0 Å². The molecule has 0 aromatic carbocycles. The monoisotopic (exact) mass is 298 g/mol. The second-order valence-electron chi connectivity index (χ2n) is 4.92. The van der Waals surface area contributed by atoms with Crippen LogP contribution in [0.4, 0.5) is 0 Å². The fourth-order valence-corrected chi connectivity index (χ4v) is 3.21. The maximum absolute atomic E-state index is 6.02. The molecule has 2 aromatic heterocycles. The molecular weight excluding hydrogens is 280 g/mol. The first-order valence-corrected chi connectivity index (χ1v) is 7.30. The summed E-state index contributed by atoms with van der Waals surface area (Å²) in [4.78, 5) is 2.43. The van der Waals surface area contributed by atoms with Crippen LogP contribution < -0.4 is 5.73 Å². The molecule has 3 rings (SSSR count). The van der Waals surface area contributed by atoms with E-state index < -0.39 is 0 Å². The summed E-state index contributed by atoms with van der Waals surface area (Å²) in [7, 11) is 0. The Balaban J connectivity index is 0.00000133. The minimum Gasteiger partial charge on any atom is -0.327 e. The Hall–Kier alpha value is -0.880. The van der Waals surface area contributed by atoms with Gasteiger partial charge in [-0.2, -0.15) is 16.4 Å². The number of rotatable bonds is 3. The second kappa shape index (κ2) is 6.52. The lowest BCUT2D eigenvalue weighted by atomic mass is 10.1. The Morgan fingerprint density at radius 2 is 2.42 bits per heavy atom. The van der Waals surface area contributed by atoms with Crippen LogP contribution in [0.3, 0.4) is 0 Å². The first kappa shape index (κ1) is 14.5. The van der Waals surface area contributed by atoms with Crippen LogP contribution in [0.25, 0.3) is 11.3 Å². The number of H-pyrrole nitrogens is 1. The molecule has 1 aliphatic rings. The smallest absolute Gasteiger partial charge is 0.0703 e. The summed E-state index contributed by atoms with van der Waals surface area (Å²) in [5.41, 5.74) is 9.67. The summed E-state index contributed by atoms with van der Waals surface area (Å²) in [5.74, 6) is 0. The van der Waals surface area contributed by atoms with Crippen LogP contribution >= 0.6 is 23.7 Å². The van der Waals surface area contributed by atoms with Crippen LogP contribution in [0.2, 0.25) is 0 Å². The number of likely N-dealkylation sites (tertiary alicyclic amines) is 1. The second-order valence-corrected chi connectivity index (χ2v) is 5.70. The number of hydrogen-bond acceptors (Lipinski definition) is 4. The summed E-state index contributed by atoms with van der Waals surface area (Å²) in [6.07, 6.45) is 4.29. The van der Waals surface area contributed by atoms with Crippen LogP contribution in [0.15, 0.2) is 23.0 Å². The average molecular weight is 299 g/mol. The van der Waals surface area contributed by atoms with Gasteiger partial charge in [-0.1, -0.05) is 0 Å². The SMILES string of the molecule is Cl.NC1CCCN(Cc2cn[nH]c2-c2ccsc2)C1. The molecule has 1 saturated heterocycles. The van der Waals surface area contributed by atoms with E-state index in [0.29, 0.717) is 6.04 Å². The van der Waals surface area contributed by atoms with Gasteiger partial charge in [0.15, 0.2) is 0 Å². The van der Waals surface area contributed by atoms with Gasteiger partial charge in [-0.15, -0.1) is 12.4 Å². The third kappa shape index (κ3) is 3.36. The topological polar surface area (TPSA) is 57.9 Å². The first-order chi connectivity index (χ1) is 8.83. The quantitative estimate of drug-likeness (QED) is 0.915. The van der Waals surface area contributed by atoms with Gasteiger partial charge >= 0.3 is 0 Å². The molecule has 0 bridgehead atoms. The highest BCUT2D eigenvalue weighted by atomic mass is 35.5. The van der Waals surface area contributed by atoms with E-state index in [0.717, 1.165) is 31.7 Å². The molecule has 1 aliphatic heterocycles. The lowest BCUT2D eigenvalue weighted by molar-refractivity contribution is 0.202. The number of piperidine rings is 1. The number of aromatic amines is 1. The lowest BCUT2D eigenvalue weighted by Gasteiger charge is -2.30. The zero-order valence-corrected chi connectivity index (χ0v) is 12.3. The summed E-state index contributed by atoms with van der Waals surface area (Å²) < 4.78 is 0. The maximum Gasteiger partial charge on any atom is 0.0703 e. The fourth-order valence-electron chi connectivity index (χ4n) is 2.56. The predicted octanol–water partition coefficient (Wildman–Crippen LogP) is 2.48. The Morgan fingerprint density at radius 1 is 1.53 bits per heavy atom. The van der Waals surface area contributed by atoms with E-state index in [9.17, 15) is 0 Å². The largest absolute Gasteiger partial charge is 0.327 e. The Bertz CT molecular complexity index is 496. The predicted molar refractivity (Wildman–Crippen MR) is 81.6 cm³/mol. The van der Waals surface area contributed by atoms with Crippen LogP contribution in [0.1, 0.15) is 18.4 Å². The van der Waals surface area contributed by atoms with Gasteiger partial charge in [0.2, 0.25) is 0 Å². The molecule has 3 N–H and O–H groups in total. The van der Waals surface area contributed by atoms with Crippen molar-refractivity contribution in [1.29, 1.82) is 0 Å². The highest BCUT2D eigenvalue weighted by molar-refractivity contribution is 7.08. The van der Waals surface area contributed by atoms with Crippen molar-refractivity contribution in [2.75, 3.05) is 13.1 Å². The summed E-state index contributed by atoms with van der Waals surface area (Å²) >= 11 is 1.71. The van der Waals surface area contributed by atoms with E-state index in [1.54, 1.807) is 11.3 Å². The van der Waals surface area contributed by atoms with Crippen LogP contribution in [0, 0.1) is 0 Å². The Labute approximate surface area is 123 Å². The maximum atomic E-state index is 6.02. The molecule has 0 amide bonds. The van der Waals surface area contributed by atoms with Crippen molar-refractivity contribution in [2.24, 2.45) is 5.73 Å². The van der Waals surface area contributed by atoms with Crippen LogP contribution in [-0.4, -0.2) is 34.2 Å². The first-order valence-electron chi connectivity index (χ1n) is 6.35. The van der Waals surface area contributed by atoms with Crippen molar-refractivity contribution in [2.45, 2.75) is 25.4 Å². The normalized spacial score (nSPS) is 20.2. The van der Waals surface area contributed by atoms with E-state index in [1.807, 2.05) is 6.20 Å². The summed E-state index contributed by atoms with van der Waals surface area (Å²) in [6, 6.07) is 2.46. The van der Waals surface area contributed by atoms with Gasteiger partial charge < -0.3 is 5.73 Å². The zero-order valence-electron chi connectivity index (χ0n) is 10.7. The number of nitrogens with one attached hydrogen (secondary N) is 1. The molecule has 2 aromatic rings. The van der Waals surface area contributed by atoms with E-state index >= 15 is 0 Å². The zero-order chi connectivity index (χ0) is 12.4. The lowest BCUT2D eigenvalue weighted by Crippen LogP contribution is -2.42. The highest BCUT2D eigenvalue weighted by Gasteiger charge is 2.18. The molecule has 0 saturated carbocycles. The summed E-state index contributed by atoms with van der Waals surface area (Å²) in [5, 5.41) is 11.5. The van der Waals surface area contributed by atoms with Gasteiger partial charge in [0.25, 0.3) is 0 Å². The average Bonchev–Trinajstić information content (AvgIpc) is 2.98. The van der Waals surface area contributed by atoms with Crippen molar-refractivity contribution >= 4 is 23.7 Å². The van der Waals surface area contributed by atoms with E-state index in [-0.39, 0.29) is 12.4 Å². The molecular formula is C13H19ClN4S. The van der Waals surface area contributed by atoms with E-state index in [2.05, 4.69) is 31.9 Å². The molecule has 1 fully saturated rings. The van der Waals surface area contributed by atoms with Crippen LogP contribution in [0.5, 0.6) is 0 Å². The third-order valence-corrected chi connectivity index (χ3v) is 4.15. The van der Waals surface area contributed by atoms with Gasteiger partial charge in [0, 0.05) is 35.6 Å². The standard InChI is InChI=1S/C13H18N4S.ClH/c14-12-2-1-4-17(8-12)7-11-6-15-16-13(11)10-3-5-18-9-10;/h3,5-6,9,12H,1-2,4,7-8,14H2,(H,15,16);1H. The minimum absolute atomic E-state index is 0. The molecule has 0 spiro atoms. The third-order valence-electron chi connectivity index (χ3n) is 3.46. The van der Waals surface area contributed by atoms with Crippen molar-refractivity contribution in [1.82, 2.24) is 15.1 Å². The van der Waals surface area contributed by atoms with Gasteiger partial charge in [-0.25, -0.2) is 0 Å². The number of nitrogens with two attached hydrogens (primary N) is 1. The molecule has 1 atom stereocenters. The Morgan fingerprint density at radius 3 is 3.16 bits per heavy atom. The van der Waals surface area contributed by atoms with Crippen molar-refractivity contribution in [3.05, 3.63) is 28.6 Å². The van der Waals surface area contributed by atoms with E-state index in [1.165, 1.54) is 17.5 Å². The molecule has 3 heterocycles. The Kier molecular flexibility index (Phi) is 4.99. The van der Waals surface area contributed by atoms with Gasteiger partial charge in [0.1, 0.15) is 0 Å². The van der Waals surface area contributed by atoms with Gasteiger partial charge in [0.05, 0.1) is 11.9 Å². The molecule has 104 valence electrons. The van der Waals surface area contributed by atoms with Crippen molar-refractivity contribution in [3.8, 4) is 11.3 Å². The van der Waals surface area contributed by atoms with Gasteiger partial charge in [-0.3, -0.25) is 10.00 Å². The molecule has 4 nitrogen and oxygen atoms in total. The number of hydrogen-bond donors (Lipinski definition) is 2. The minimum atomic E-state index is 0. The van der Waals surface area contributed by atoms with Crippen molar-refractivity contribution in [3.63, 3.8) is 0 Å². The number of nitrogens with zero attached hydrogens (tertiary/aromatic N) is 2. The molecule has 19 heavy (non-hydrogen) atoms. The van der Waals surface area contributed by atoms with Crippen LogP contribution in [-0.2, 0) is 6.54 Å². The molecule has 1 unspecified atom stereocenters. The molecule has 0 aliphatic carbocycles. The summed E-state index contributed by atoms with van der Waals surface area (Å²) in [6.45, 7) is 3.07.